The molecule has 9 nitrogen and oxygen atoms in total. The second kappa shape index (κ2) is 11.3. The molecule has 4 atom stereocenters. The Bertz CT molecular complexity index is 1500. The van der Waals surface area contributed by atoms with Gasteiger partial charge in [0.2, 0.25) is 5.91 Å². The van der Waals surface area contributed by atoms with Crippen LogP contribution in [-0.4, -0.2) is 78.3 Å². The first kappa shape index (κ1) is 28.3. The molecule has 2 fully saturated rings. The molecule has 2 aliphatic rings. The van der Waals surface area contributed by atoms with Crippen LogP contribution in [0.5, 0.6) is 0 Å². The van der Waals surface area contributed by atoms with Crippen LogP contribution in [0.3, 0.4) is 0 Å². The number of morpholine rings is 1. The van der Waals surface area contributed by atoms with E-state index in [4.69, 9.17) is 9.72 Å². The number of benzene rings is 1. The van der Waals surface area contributed by atoms with E-state index in [0.29, 0.717) is 5.69 Å². The molecule has 1 amide bonds. The molecular weight excluding hydrogens is 540 g/mol. The fraction of sp³-hybridized carbons (Fsp3) is 0.464. The van der Waals surface area contributed by atoms with E-state index in [2.05, 4.69) is 29.0 Å². The van der Waals surface area contributed by atoms with E-state index >= 15 is 0 Å². The summed E-state index contributed by atoms with van der Waals surface area (Å²) in [6, 6.07) is 12.6. The lowest BCUT2D eigenvalue weighted by atomic mass is 10.0. The lowest BCUT2D eigenvalue weighted by molar-refractivity contribution is -0.121. The van der Waals surface area contributed by atoms with Gasteiger partial charge in [0.25, 0.3) is 10.0 Å². The zero-order chi connectivity index (χ0) is 28.6. The fourth-order valence-corrected chi connectivity index (χ4v) is 6.75. The maximum absolute atomic E-state index is 13.0. The highest BCUT2D eigenvalue weighted by atomic mass is 32.2. The molecule has 2 aliphatic heterocycles. The quantitative estimate of drug-likeness (QED) is 0.461. The van der Waals surface area contributed by atoms with Crippen molar-refractivity contribution in [3.63, 3.8) is 0 Å². The molecule has 0 spiro atoms. The number of alkyl halides is 2. The van der Waals surface area contributed by atoms with E-state index in [-0.39, 0.29) is 37.5 Å². The Morgan fingerprint density at radius 2 is 1.82 bits per heavy atom. The molecule has 0 radical (unpaired) electrons. The van der Waals surface area contributed by atoms with E-state index in [1.54, 1.807) is 13.1 Å². The van der Waals surface area contributed by atoms with Crippen LogP contribution in [0.25, 0.3) is 22.0 Å². The summed E-state index contributed by atoms with van der Waals surface area (Å²) in [5.74, 6) is -2.94. The van der Waals surface area contributed by atoms with E-state index < -0.39 is 27.9 Å². The van der Waals surface area contributed by atoms with Crippen LogP contribution < -0.4 is 10.2 Å². The molecule has 0 aliphatic carbocycles. The average molecular weight is 574 g/mol. The predicted octanol–water partition coefficient (Wildman–Crippen LogP) is 3.58. The minimum absolute atomic E-state index is 0.0201. The van der Waals surface area contributed by atoms with E-state index in [0.717, 1.165) is 45.2 Å². The number of aromatic nitrogens is 2. The maximum atomic E-state index is 13.0. The first-order valence-electron chi connectivity index (χ1n) is 13.3. The summed E-state index contributed by atoms with van der Waals surface area (Å²) in [6.45, 7) is 7.04. The first-order valence-corrected chi connectivity index (χ1v) is 14.8. The van der Waals surface area contributed by atoms with Crippen molar-refractivity contribution < 1.29 is 26.7 Å². The summed E-state index contributed by atoms with van der Waals surface area (Å²) in [6.07, 6.45) is 2.20. The Morgan fingerprint density at radius 3 is 2.55 bits per heavy atom. The van der Waals surface area contributed by atoms with Gasteiger partial charge in [0.05, 0.1) is 30.0 Å². The third kappa shape index (κ3) is 6.08. The lowest BCUT2D eigenvalue weighted by Gasteiger charge is -2.36. The molecule has 12 heteroatoms. The molecule has 2 saturated heterocycles. The number of pyridine rings is 2. The van der Waals surface area contributed by atoms with Crippen molar-refractivity contribution in [1.82, 2.24) is 19.6 Å². The summed E-state index contributed by atoms with van der Waals surface area (Å²) in [4.78, 5) is 24.3. The van der Waals surface area contributed by atoms with Gasteiger partial charge in [-0.25, -0.2) is 13.4 Å². The van der Waals surface area contributed by atoms with Gasteiger partial charge in [-0.15, -0.1) is 0 Å². The molecule has 5 rings (SSSR count). The first-order chi connectivity index (χ1) is 19.0. The Labute approximate surface area is 232 Å². The number of anilines is 1. The van der Waals surface area contributed by atoms with Gasteiger partial charge in [-0.05, 0) is 56.8 Å². The lowest BCUT2D eigenvalue weighted by Crippen LogP contribution is -2.45. The average Bonchev–Trinajstić information content (AvgIpc) is 3.28. The summed E-state index contributed by atoms with van der Waals surface area (Å²) < 4.78 is 56.3. The minimum Gasteiger partial charge on any atom is -0.372 e. The Morgan fingerprint density at radius 1 is 1.07 bits per heavy atom. The molecule has 1 N–H and O–H groups in total. The molecule has 4 heterocycles. The molecule has 0 unspecified atom stereocenters. The number of sulfonamides is 1. The predicted molar refractivity (Wildman–Crippen MR) is 149 cm³/mol. The number of ether oxygens (including phenoxy) is 1. The van der Waals surface area contributed by atoms with Crippen molar-refractivity contribution in [2.45, 2.75) is 63.7 Å². The normalized spacial score (nSPS) is 24.1. The number of fused-ring (bicyclic) bond motifs is 1. The van der Waals surface area contributed by atoms with Crippen molar-refractivity contribution in [3.05, 3.63) is 54.4 Å². The topological polar surface area (TPSA) is 105 Å². The van der Waals surface area contributed by atoms with Gasteiger partial charge in [-0.1, -0.05) is 18.2 Å². The fourth-order valence-electron chi connectivity index (χ4n) is 5.57. The van der Waals surface area contributed by atoms with Crippen molar-refractivity contribution >= 4 is 32.5 Å². The summed E-state index contributed by atoms with van der Waals surface area (Å²) in [5.41, 5.74) is 2.31. The second-order valence-electron chi connectivity index (χ2n) is 10.7. The molecule has 1 aromatic carbocycles. The summed E-state index contributed by atoms with van der Waals surface area (Å²) in [7, 11) is -4.70. The molecule has 0 saturated carbocycles. The van der Waals surface area contributed by atoms with Crippen molar-refractivity contribution in [1.29, 1.82) is 0 Å². The number of halogens is 2. The molecular formula is C28H33F2N5O4S. The van der Waals surface area contributed by atoms with E-state index in [9.17, 15) is 22.0 Å². The smallest absolute Gasteiger partial charge is 0.350 e. The maximum Gasteiger partial charge on any atom is 0.350 e. The number of nitrogens with zero attached hydrogens (tertiary/aromatic N) is 4. The highest BCUT2D eigenvalue weighted by Gasteiger charge is 2.42. The van der Waals surface area contributed by atoms with Crippen LogP contribution in [-0.2, 0) is 26.0 Å². The number of rotatable bonds is 7. The van der Waals surface area contributed by atoms with E-state index in [1.807, 2.05) is 42.5 Å². The van der Waals surface area contributed by atoms with Crippen LogP contribution in [0.1, 0.15) is 32.9 Å². The molecule has 3 aromatic rings. The van der Waals surface area contributed by atoms with Crippen LogP contribution in [0, 0.1) is 0 Å². The largest absolute Gasteiger partial charge is 0.372 e. The number of amides is 1. The third-order valence-corrected chi connectivity index (χ3v) is 8.94. The number of hydrogen-bond acceptors (Lipinski definition) is 7. The highest BCUT2D eigenvalue weighted by molar-refractivity contribution is 7.89. The van der Waals surface area contributed by atoms with Crippen LogP contribution in [0.4, 0.5) is 14.6 Å². The Kier molecular flexibility index (Phi) is 8.03. The Balaban J connectivity index is 1.28. The van der Waals surface area contributed by atoms with Crippen LogP contribution in [0.2, 0.25) is 0 Å². The standard InChI is InChI=1S/C28H33F2N5O4S/c1-17-9-24(16-35(17)40(37,38)28(29)30)32-27(36)12-23-11-22-10-20(7-8-21(22)13-31-23)25-5-4-6-26(33-25)34-14-18(2)39-19(3)15-34/h4-8,10-11,13,17-19,24,28H,9,12,14-16H2,1-3H3,(H,32,36)/t17-,18-,19+,24+/m0/s1. The van der Waals surface area contributed by atoms with Crippen LogP contribution >= 0.6 is 0 Å². The van der Waals surface area contributed by atoms with Gasteiger partial charge in [-0.2, -0.15) is 13.1 Å². The van der Waals surface area contributed by atoms with E-state index in [1.165, 1.54) is 0 Å². The summed E-state index contributed by atoms with van der Waals surface area (Å²) >= 11 is 0. The summed E-state index contributed by atoms with van der Waals surface area (Å²) in [5, 5.41) is 4.59. The monoisotopic (exact) mass is 573 g/mol. The number of carbonyl (C=O) groups excluding carboxylic acids is 1. The Hall–Kier alpha value is -3.22. The second-order valence-corrected chi connectivity index (χ2v) is 12.5. The molecule has 40 heavy (non-hydrogen) atoms. The molecule has 214 valence electrons. The zero-order valence-corrected chi connectivity index (χ0v) is 23.4. The molecule has 0 bridgehead atoms. The minimum atomic E-state index is -4.70. The van der Waals surface area contributed by atoms with Gasteiger partial charge in [-0.3, -0.25) is 9.78 Å². The number of nitrogens with one attached hydrogen (secondary N) is 1. The van der Waals surface area contributed by atoms with Gasteiger partial charge < -0.3 is 15.0 Å². The highest BCUT2D eigenvalue weighted by Crippen LogP contribution is 2.27. The van der Waals surface area contributed by atoms with Crippen LogP contribution in [0.15, 0.2) is 48.7 Å². The van der Waals surface area contributed by atoms with Gasteiger partial charge >= 0.3 is 5.76 Å². The number of carbonyl (C=O) groups is 1. The van der Waals surface area contributed by atoms with Gasteiger partial charge in [0, 0.05) is 48.9 Å². The zero-order valence-electron chi connectivity index (χ0n) is 22.6. The molecule has 2 aromatic heterocycles. The SMILES string of the molecule is C[C@@H]1CN(c2cccc(-c3ccc4cnc(CC(=O)N[C@@H]5C[C@H](C)N(S(=O)(=O)C(F)F)C5)cc4c3)n2)C[C@H](C)O1. The van der Waals surface area contributed by atoms with Crippen molar-refractivity contribution in [2.24, 2.45) is 0 Å². The van der Waals surface area contributed by atoms with Gasteiger partial charge in [0.1, 0.15) is 5.82 Å². The van der Waals surface area contributed by atoms with Crippen molar-refractivity contribution in [2.75, 3.05) is 24.5 Å². The van der Waals surface area contributed by atoms with Crippen molar-refractivity contribution in [3.8, 4) is 11.3 Å². The third-order valence-electron chi connectivity index (χ3n) is 7.33. The number of hydrogen-bond donors (Lipinski definition) is 1. The van der Waals surface area contributed by atoms with Gasteiger partial charge in [0.15, 0.2) is 0 Å².